The maximum Gasteiger partial charge on any atom is 0.263 e. The SMILES string of the molecule is CC(C)(NC(=O)c1cnc(CNC(=O)c2cnn(-c3ccccc3)c2N)s1)C(N)=O. The fraction of sp³-hybridized carbons (Fsp3) is 0.211. The zero-order valence-electron chi connectivity index (χ0n) is 16.4. The van der Waals surface area contributed by atoms with Crippen molar-refractivity contribution < 1.29 is 14.4 Å². The zero-order chi connectivity index (χ0) is 21.9. The molecule has 2 aromatic heterocycles. The number of para-hydroxylation sites is 1. The van der Waals surface area contributed by atoms with E-state index < -0.39 is 23.3 Å². The fourth-order valence-corrected chi connectivity index (χ4v) is 3.22. The van der Waals surface area contributed by atoms with E-state index in [1.54, 1.807) is 0 Å². The van der Waals surface area contributed by atoms with Gasteiger partial charge < -0.3 is 22.1 Å². The molecule has 0 atom stereocenters. The summed E-state index contributed by atoms with van der Waals surface area (Å²) in [6.45, 7) is 3.12. The second-order valence-electron chi connectivity index (χ2n) is 6.94. The number of rotatable bonds is 7. The lowest BCUT2D eigenvalue weighted by Gasteiger charge is -2.21. The van der Waals surface area contributed by atoms with Gasteiger partial charge in [0.05, 0.1) is 24.6 Å². The van der Waals surface area contributed by atoms with Crippen molar-refractivity contribution in [1.29, 1.82) is 0 Å². The van der Waals surface area contributed by atoms with Gasteiger partial charge in [0.15, 0.2) is 0 Å². The number of nitrogens with one attached hydrogen (secondary N) is 2. The molecule has 156 valence electrons. The van der Waals surface area contributed by atoms with Crippen molar-refractivity contribution in [3.05, 3.63) is 58.2 Å². The molecule has 3 amide bonds. The van der Waals surface area contributed by atoms with Crippen LogP contribution in [0.15, 0.2) is 42.7 Å². The topological polar surface area (TPSA) is 158 Å². The summed E-state index contributed by atoms with van der Waals surface area (Å²) in [5.41, 5.74) is 11.1. The van der Waals surface area contributed by atoms with Crippen LogP contribution in [-0.4, -0.2) is 38.0 Å². The largest absolute Gasteiger partial charge is 0.383 e. The van der Waals surface area contributed by atoms with Crippen LogP contribution in [0.5, 0.6) is 0 Å². The highest BCUT2D eigenvalue weighted by atomic mass is 32.1. The predicted octanol–water partition coefficient (Wildman–Crippen LogP) is 0.835. The number of amides is 3. The number of carbonyl (C=O) groups is 3. The van der Waals surface area contributed by atoms with E-state index in [-0.39, 0.29) is 17.9 Å². The average Bonchev–Trinajstić information content (AvgIpc) is 3.33. The Hall–Kier alpha value is -3.73. The Labute approximate surface area is 176 Å². The Morgan fingerprint density at radius 3 is 2.50 bits per heavy atom. The van der Waals surface area contributed by atoms with E-state index in [4.69, 9.17) is 11.5 Å². The first kappa shape index (κ1) is 21.0. The van der Waals surface area contributed by atoms with Crippen LogP contribution in [0.4, 0.5) is 5.82 Å². The highest BCUT2D eigenvalue weighted by molar-refractivity contribution is 7.13. The van der Waals surface area contributed by atoms with Gasteiger partial charge in [0.2, 0.25) is 5.91 Å². The molecular formula is C19H21N7O3S. The van der Waals surface area contributed by atoms with Gasteiger partial charge in [0.25, 0.3) is 11.8 Å². The Balaban J connectivity index is 1.63. The molecule has 0 unspecified atom stereocenters. The molecule has 1 aromatic carbocycles. The smallest absolute Gasteiger partial charge is 0.263 e. The summed E-state index contributed by atoms with van der Waals surface area (Å²) in [5.74, 6) is -1.32. The van der Waals surface area contributed by atoms with Crippen molar-refractivity contribution in [1.82, 2.24) is 25.4 Å². The Kier molecular flexibility index (Phi) is 5.83. The van der Waals surface area contributed by atoms with Crippen LogP contribution in [0.2, 0.25) is 0 Å². The summed E-state index contributed by atoms with van der Waals surface area (Å²) in [6, 6.07) is 9.21. The van der Waals surface area contributed by atoms with Crippen LogP contribution < -0.4 is 22.1 Å². The molecule has 0 radical (unpaired) electrons. The van der Waals surface area contributed by atoms with Crippen molar-refractivity contribution in [2.45, 2.75) is 25.9 Å². The molecule has 6 N–H and O–H groups in total. The summed E-state index contributed by atoms with van der Waals surface area (Å²) < 4.78 is 1.47. The number of benzene rings is 1. The molecule has 0 bridgehead atoms. The molecule has 10 nitrogen and oxygen atoms in total. The number of nitrogens with two attached hydrogens (primary N) is 2. The lowest BCUT2D eigenvalue weighted by Crippen LogP contribution is -2.52. The van der Waals surface area contributed by atoms with E-state index >= 15 is 0 Å². The molecule has 3 aromatic rings. The minimum Gasteiger partial charge on any atom is -0.383 e. The van der Waals surface area contributed by atoms with Crippen LogP contribution in [0.25, 0.3) is 5.69 Å². The van der Waals surface area contributed by atoms with E-state index in [1.165, 1.54) is 30.9 Å². The van der Waals surface area contributed by atoms with Crippen LogP contribution in [0.1, 0.15) is 38.9 Å². The molecule has 3 rings (SSSR count). The Bertz CT molecular complexity index is 1090. The monoisotopic (exact) mass is 427 g/mol. The van der Waals surface area contributed by atoms with Crippen LogP contribution in [-0.2, 0) is 11.3 Å². The molecule has 0 aliphatic heterocycles. The average molecular weight is 427 g/mol. The van der Waals surface area contributed by atoms with E-state index in [0.717, 1.165) is 17.0 Å². The number of carbonyl (C=O) groups excluding carboxylic acids is 3. The summed E-state index contributed by atoms with van der Waals surface area (Å²) in [4.78, 5) is 40.5. The molecule has 11 heteroatoms. The molecule has 30 heavy (non-hydrogen) atoms. The number of nitrogen functional groups attached to an aromatic ring is 1. The zero-order valence-corrected chi connectivity index (χ0v) is 17.2. The van der Waals surface area contributed by atoms with Crippen molar-refractivity contribution >= 4 is 34.9 Å². The minimum absolute atomic E-state index is 0.103. The first-order valence-electron chi connectivity index (χ1n) is 8.93. The highest BCUT2D eigenvalue weighted by Gasteiger charge is 2.28. The van der Waals surface area contributed by atoms with Crippen LogP contribution >= 0.6 is 11.3 Å². The third-order valence-corrected chi connectivity index (χ3v) is 5.27. The number of anilines is 1. The Morgan fingerprint density at radius 1 is 1.13 bits per heavy atom. The third kappa shape index (κ3) is 4.46. The first-order chi connectivity index (χ1) is 14.2. The van der Waals surface area contributed by atoms with Gasteiger partial charge in [0.1, 0.15) is 26.8 Å². The molecular weight excluding hydrogens is 406 g/mol. The lowest BCUT2D eigenvalue weighted by molar-refractivity contribution is -0.122. The van der Waals surface area contributed by atoms with Gasteiger partial charge in [0, 0.05) is 0 Å². The second kappa shape index (κ2) is 8.33. The highest BCUT2D eigenvalue weighted by Crippen LogP contribution is 2.18. The van der Waals surface area contributed by atoms with Crippen molar-refractivity contribution in [3.63, 3.8) is 0 Å². The van der Waals surface area contributed by atoms with Crippen molar-refractivity contribution in [2.24, 2.45) is 5.73 Å². The third-order valence-electron chi connectivity index (χ3n) is 4.27. The van der Waals surface area contributed by atoms with E-state index in [0.29, 0.717) is 9.88 Å². The van der Waals surface area contributed by atoms with Gasteiger partial charge >= 0.3 is 0 Å². The summed E-state index contributed by atoms with van der Waals surface area (Å²) in [5, 5.41) is 9.93. The van der Waals surface area contributed by atoms with Gasteiger partial charge in [-0.05, 0) is 26.0 Å². The van der Waals surface area contributed by atoms with E-state index in [2.05, 4.69) is 20.7 Å². The van der Waals surface area contributed by atoms with Crippen LogP contribution in [0, 0.1) is 0 Å². The van der Waals surface area contributed by atoms with E-state index in [1.807, 2.05) is 30.3 Å². The Morgan fingerprint density at radius 2 is 1.83 bits per heavy atom. The quantitative estimate of drug-likeness (QED) is 0.437. The standard InChI is InChI=1S/C19H21N7O3S/c1-19(2,18(21)29)25-17(28)13-9-22-14(30-13)10-23-16(27)12-8-24-26(15(12)20)11-6-4-3-5-7-11/h3-9H,10,20H2,1-2H3,(H2,21,29)(H,23,27)(H,25,28). The van der Waals surface area contributed by atoms with Gasteiger partial charge in [-0.15, -0.1) is 11.3 Å². The van der Waals surface area contributed by atoms with Gasteiger partial charge in [-0.2, -0.15) is 5.10 Å². The predicted molar refractivity (Wildman–Crippen MR) is 112 cm³/mol. The van der Waals surface area contributed by atoms with E-state index in [9.17, 15) is 14.4 Å². The fourth-order valence-electron chi connectivity index (χ4n) is 2.46. The van der Waals surface area contributed by atoms with Gasteiger partial charge in [-0.25, -0.2) is 9.67 Å². The maximum absolute atomic E-state index is 12.5. The summed E-state index contributed by atoms with van der Waals surface area (Å²) in [7, 11) is 0. The number of thiazole rings is 1. The number of hydrogen-bond acceptors (Lipinski definition) is 7. The number of nitrogens with zero attached hydrogens (tertiary/aromatic N) is 3. The van der Waals surface area contributed by atoms with Crippen LogP contribution in [0.3, 0.4) is 0 Å². The molecule has 0 fully saturated rings. The number of primary amides is 1. The maximum atomic E-state index is 12.5. The van der Waals surface area contributed by atoms with Gasteiger partial charge in [-0.1, -0.05) is 18.2 Å². The summed E-state index contributed by atoms with van der Waals surface area (Å²) >= 11 is 1.09. The molecule has 0 aliphatic carbocycles. The molecule has 0 saturated carbocycles. The second-order valence-corrected chi connectivity index (χ2v) is 8.05. The molecule has 0 saturated heterocycles. The van der Waals surface area contributed by atoms with Crippen molar-refractivity contribution in [2.75, 3.05) is 5.73 Å². The summed E-state index contributed by atoms with van der Waals surface area (Å²) in [6.07, 6.45) is 2.77. The number of aromatic nitrogens is 3. The van der Waals surface area contributed by atoms with Gasteiger partial charge in [-0.3, -0.25) is 14.4 Å². The molecule has 0 aliphatic rings. The normalized spacial score (nSPS) is 11.1. The van der Waals surface area contributed by atoms with Crippen molar-refractivity contribution in [3.8, 4) is 5.69 Å². The minimum atomic E-state index is -1.19. The first-order valence-corrected chi connectivity index (χ1v) is 9.75. The molecule has 0 spiro atoms. The lowest BCUT2D eigenvalue weighted by atomic mass is 10.1. The molecule has 2 heterocycles. The number of hydrogen-bond donors (Lipinski definition) is 4.